The molecule has 2 heterocycles. The number of nitrogens with two attached hydrogens (primary N) is 1. The molecule has 3 N–H and O–H groups in total. The third kappa shape index (κ3) is 5.20. The number of likely N-dealkylation sites (tertiary alicyclic amines) is 1. The SMILES string of the molecule is CCCn1nc(C(N)=O)cc1CC1(O)CCN(C(=O)OC(C)(C)C)CC1. The molecule has 2 amide bonds. The zero-order valence-corrected chi connectivity index (χ0v) is 16.1. The van der Waals surface area contributed by atoms with Crippen molar-refractivity contribution in [3.05, 3.63) is 17.5 Å². The van der Waals surface area contributed by atoms with E-state index in [1.54, 1.807) is 15.6 Å². The van der Waals surface area contributed by atoms with Crippen LogP contribution in [0.3, 0.4) is 0 Å². The lowest BCUT2D eigenvalue weighted by Gasteiger charge is -2.38. The number of rotatable bonds is 5. The molecule has 2 rings (SSSR count). The van der Waals surface area contributed by atoms with Gasteiger partial charge in [-0.3, -0.25) is 9.48 Å². The van der Waals surface area contributed by atoms with Gasteiger partial charge in [0.25, 0.3) is 5.91 Å². The van der Waals surface area contributed by atoms with Crippen molar-refractivity contribution < 1.29 is 19.4 Å². The minimum atomic E-state index is -0.945. The monoisotopic (exact) mass is 366 g/mol. The Bertz CT molecular complexity index is 655. The van der Waals surface area contributed by atoms with Crippen LogP contribution in [0.4, 0.5) is 4.79 Å². The summed E-state index contributed by atoms with van der Waals surface area (Å²) in [7, 11) is 0. The van der Waals surface area contributed by atoms with Crippen LogP contribution in [0.2, 0.25) is 0 Å². The molecule has 1 aromatic rings. The third-order valence-corrected chi connectivity index (χ3v) is 4.41. The van der Waals surface area contributed by atoms with E-state index in [0.717, 1.165) is 12.1 Å². The van der Waals surface area contributed by atoms with Gasteiger partial charge in [-0.15, -0.1) is 0 Å². The maximum Gasteiger partial charge on any atom is 0.410 e. The first kappa shape index (κ1) is 20.2. The molecular weight excluding hydrogens is 336 g/mol. The highest BCUT2D eigenvalue weighted by Gasteiger charge is 2.36. The summed E-state index contributed by atoms with van der Waals surface area (Å²) in [5, 5.41) is 15.2. The summed E-state index contributed by atoms with van der Waals surface area (Å²) in [5.41, 5.74) is 4.84. The Labute approximate surface area is 154 Å². The molecule has 1 fully saturated rings. The summed E-state index contributed by atoms with van der Waals surface area (Å²) in [6, 6.07) is 1.65. The fourth-order valence-corrected chi connectivity index (χ4v) is 3.07. The Kier molecular flexibility index (Phi) is 5.95. The van der Waals surface area contributed by atoms with Gasteiger partial charge in [-0.2, -0.15) is 5.10 Å². The maximum atomic E-state index is 12.2. The molecule has 0 bridgehead atoms. The number of primary amides is 1. The summed E-state index contributed by atoms with van der Waals surface area (Å²) < 4.78 is 7.12. The smallest absolute Gasteiger partial charge is 0.410 e. The number of hydrogen-bond acceptors (Lipinski definition) is 5. The molecule has 1 saturated heterocycles. The number of carbonyl (C=O) groups excluding carboxylic acids is 2. The van der Waals surface area contributed by atoms with Crippen molar-refractivity contribution in [3.8, 4) is 0 Å². The number of carbonyl (C=O) groups is 2. The zero-order chi connectivity index (χ0) is 19.5. The van der Waals surface area contributed by atoms with Gasteiger partial charge in [0.2, 0.25) is 0 Å². The lowest BCUT2D eigenvalue weighted by Crippen LogP contribution is -2.49. The van der Waals surface area contributed by atoms with Crippen molar-refractivity contribution in [1.29, 1.82) is 0 Å². The second kappa shape index (κ2) is 7.65. The van der Waals surface area contributed by atoms with E-state index in [-0.39, 0.29) is 11.8 Å². The molecule has 1 aromatic heterocycles. The van der Waals surface area contributed by atoms with E-state index in [4.69, 9.17) is 10.5 Å². The van der Waals surface area contributed by atoms with Crippen LogP contribution in [0.25, 0.3) is 0 Å². The normalized spacial score (nSPS) is 17.2. The molecule has 0 aliphatic carbocycles. The Balaban J connectivity index is 2.03. The summed E-state index contributed by atoms with van der Waals surface area (Å²) in [6.07, 6.45) is 1.75. The highest BCUT2D eigenvalue weighted by atomic mass is 16.6. The molecule has 26 heavy (non-hydrogen) atoms. The van der Waals surface area contributed by atoms with E-state index in [2.05, 4.69) is 5.10 Å². The molecule has 0 spiro atoms. The summed E-state index contributed by atoms with van der Waals surface area (Å²) in [5.74, 6) is -0.576. The number of hydrogen-bond donors (Lipinski definition) is 2. The van der Waals surface area contributed by atoms with Gasteiger partial charge in [-0.25, -0.2) is 4.79 Å². The Morgan fingerprint density at radius 3 is 2.46 bits per heavy atom. The van der Waals surface area contributed by atoms with Gasteiger partial charge in [-0.1, -0.05) is 6.92 Å². The molecule has 1 aliphatic heterocycles. The van der Waals surface area contributed by atoms with Crippen molar-refractivity contribution in [1.82, 2.24) is 14.7 Å². The van der Waals surface area contributed by atoms with Crippen LogP contribution in [0, 0.1) is 0 Å². The Hall–Kier alpha value is -2.09. The van der Waals surface area contributed by atoms with Crippen LogP contribution in [0.1, 0.15) is 63.1 Å². The van der Waals surface area contributed by atoms with Gasteiger partial charge in [-0.05, 0) is 46.1 Å². The minimum Gasteiger partial charge on any atom is -0.444 e. The molecular formula is C18H30N4O4. The predicted molar refractivity (Wildman–Crippen MR) is 96.7 cm³/mol. The van der Waals surface area contributed by atoms with Crippen molar-refractivity contribution >= 4 is 12.0 Å². The van der Waals surface area contributed by atoms with Crippen LogP contribution < -0.4 is 5.73 Å². The first-order valence-corrected chi connectivity index (χ1v) is 9.10. The average Bonchev–Trinajstić information content (AvgIpc) is 2.89. The number of nitrogens with zero attached hydrogens (tertiary/aromatic N) is 3. The molecule has 8 heteroatoms. The lowest BCUT2D eigenvalue weighted by molar-refractivity contribution is -0.0325. The molecule has 0 unspecified atom stereocenters. The summed E-state index contributed by atoms with van der Waals surface area (Å²) >= 11 is 0. The zero-order valence-electron chi connectivity index (χ0n) is 16.1. The number of ether oxygens (including phenoxy) is 1. The Morgan fingerprint density at radius 2 is 1.96 bits per heavy atom. The van der Waals surface area contributed by atoms with Gasteiger partial charge in [0, 0.05) is 31.7 Å². The van der Waals surface area contributed by atoms with Gasteiger partial charge in [0.1, 0.15) is 11.3 Å². The minimum absolute atomic E-state index is 0.211. The van der Waals surface area contributed by atoms with Gasteiger partial charge >= 0.3 is 6.09 Å². The van der Waals surface area contributed by atoms with E-state index in [0.29, 0.717) is 38.9 Å². The van der Waals surface area contributed by atoms with Crippen LogP contribution in [0.5, 0.6) is 0 Å². The molecule has 0 saturated carbocycles. The number of piperidine rings is 1. The van der Waals surface area contributed by atoms with Gasteiger partial charge < -0.3 is 20.5 Å². The third-order valence-electron chi connectivity index (χ3n) is 4.41. The van der Waals surface area contributed by atoms with Gasteiger partial charge in [0.15, 0.2) is 0 Å². The molecule has 0 aromatic carbocycles. The van der Waals surface area contributed by atoms with E-state index >= 15 is 0 Å². The quantitative estimate of drug-likeness (QED) is 0.824. The standard InChI is InChI=1S/C18H30N4O4/c1-5-8-22-13(11-14(20-22)15(19)23)12-18(25)6-9-21(10-7-18)16(24)26-17(2,3)4/h11,25H,5-10,12H2,1-4H3,(H2,19,23). The van der Waals surface area contributed by atoms with Crippen LogP contribution in [-0.2, 0) is 17.7 Å². The Morgan fingerprint density at radius 1 is 1.35 bits per heavy atom. The second-order valence-corrected chi connectivity index (χ2v) is 7.98. The molecule has 0 radical (unpaired) electrons. The summed E-state index contributed by atoms with van der Waals surface area (Å²) in [4.78, 5) is 25.2. The molecule has 1 aliphatic rings. The van der Waals surface area contributed by atoms with E-state index < -0.39 is 17.1 Å². The lowest BCUT2D eigenvalue weighted by atomic mass is 9.87. The number of amides is 2. The molecule has 146 valence electrons. The number of aromatic nitrogens is 2. The average molecular weight is 366 g/mol. The fraction of sp³-hybridized carbons (Fsp3) is 0.722. The van der Waals surface area contributed by atoms with Crippen LogP contribution >= 0.6 is 0 Å². The molecule has 0 atom stereocenters. The van der Waals surface area contributed by atoms with Crippen molar-refractivity contribution in [2.75, 3.05) is 13.1 Å². The van der Waals surface area contributed by atoms with E-state index in [1.165, 1.54) is 0 Å². The second-order valence-electron chi connectivity index (χ2n) is 7.98. The first-order valence-electron chi connectivity index (χ1n) is 9.10. The first-order chi connectivity index (χ1) is 12.0. The van der Waals surface area contributed by atoms with Crippen molar-refractivity contribution in [2.45, 2.75) is 71.1 Å². The van der Waals surface area contributed by atoms with Crippen molar-refractivity contribution in [3.63, 3.8) is 0 Å². The largest absolute Gasteiger partial charge is 0.444 e. The van der Waals surface area contributed by atoms with Gasteiger partial charge in [0.05, 0.1) is 5.60 Å². The van der Waals surface area contributed by atoms with E-state index in [1.807, 2.05) is 27.7 Å². The van der Waals surface area contributed by atoms with Crippen LogP contribution in [-0.4, -0.2) is 56.1 Å². The number of aliphatic hydroxyl groups is 1. The highest BCUT2D eigenvalue weighted by Crippen LogP contribution is 2.28. The fourth-order valence-electron chi connectivity index (χ4n) is 3.07. The van der Waals surface area contributed by atoms with E-state index in [9.17, 15) is 14.7 Å². The maximum absolute atomic E-state index is 12.2. The molecule has 8 nitrogen and oxygen atoms in total. The summed E-state index contributed by atoms with van der Waals surface area (Å²) in [6.45, 7) is 9.02. The van der Waals surface area contributed by atoms with Crippen LogP contribution in [0.15, 0.2) is 6.07 Å². The highest BCUT2D eigenvalue weighted by molar-refractivity contribution is 5.90. The predicted octanol–water partition coefficient (Wildman–Crippen LogP) is 1.70. The van der Waals surface area contributed by atoms with Crippen molar-refractivity contribution in [2.24, 2.45) is 5.73 Å². The topological polar surface area (TPSA) is 111 Å². The number of aryl methyl sites for hydroxylation is 1.